The molecule has 0 amide bonds. The Kier molecular flexibility index (Phi) is 6.15. The first kappa shape index (κ1) is 21.2. The Morgan fingerprint density at radius 2 is 1.96 bits per heavy atom. The maximum Gasteiger partial charge on any atom is 0.197 e. The molecule has 1 aromatic heterocycles. The molecular weight excluding hydrogens is 383 g/mol. The zero-order valence-corrected chi connectivity index (χ0v) is 16.8. The molecule has 1 aliphatic carbocycles. The van der Waals surface area contributed by atoms with Crippen LogP contribution in [0.2, 0.25) is 0 Å². The van der Waals surface area contributed by atoms with Crippen molar-refractivity contribution < 1.29 is 9.53 Å². The van der Waals surface area contributed by atoms with Crippen molar-refractivity contribution in [3.05, 3.63) is 71.0 Å². The number of aromatic nitrogens is 1. The molecule has 1 aliphatic rings. The highest BCUT2D eigenvalue weighted by atomic mass is 35.5. The minimum absolute atomic E-state index is 0. The van der Waals surface area contributed by atoms with Crippen LogP contribution in [0.4, 0.5) is 0 Å². The third-order valence-corrected chi connectivity index (χ3v) is 5.12. The third-order valence-electron chi connectivity index (χ3n) is 5.12. The Bertz CT molecular complexity index is 997. The number of pyridine rings is 1. The van der Waals surface area contributed by atoms with Crippen LogP contribution < -0.4 is 10.5 Å². The van der Waals surface area contributed by atoms with E-state index in [0.29, 0.717) is 16.9 Å². The van der Waals surface area contributed by atoms with Crippen molar-refractivity contribution in [1.82, 2.24) is 4.98 Å². The number of hydrogen-bond acceptors (Lipinski definition) is 4. The largest absolute Gasteiger partial charge is 0.496 e. The molecule has 4 nitrogen and oxygen atoms in total. The Balaban J connectivity index is 0.00000131. The number of nitrogens with zero attached hydrogens (tertiary/aromatic N) is 1. The van der Waals surface area contributed by atoms with Gasteiger partial charge in [-0.05, 0) is 54.5 Å². The van der Waals surface area contributed by atoms with Gasteiger partial charge in [-0.25, -0.2) is 0 Å². The van der Waals surface area contributed by atoms with Gasteiger partial charge in [0.25, 0.3) is 0 Å². The highest BCUT2D eigenvalue weighted by Gasteiger charge is 2.32. The van der Waals surface area contributed by atoms with Crippen molar-refractivity contribution in [2.45, 2.75) is 25.3 Å². The molecule has 0 fully saturated rings. The summed E-state index contributed by atoms with van der Waals surface area (Å²) >= 11 is 0. The predicted octanol–water partition coefficient (Wildman–Crippen LogP) is 4.44. The Labute approximate surface area is 170 Å². The van der Waals surface area contributed by atoms with E-state index >= 15 is 0 Å². The van der Waals surface area contributed by atoms with Crippen LogP contribution in [0.15, 0.2) is 48.8 Å². The maximum atomic E-state index is 13.3. The summed E-state index contributed by atoms with van der Waals surface area (Å²) in [6.07, 6.45) is 5.24. The summed E-state index contributed by atoms with van der Waals surface area (Å²) in [5.41, 5.74) is 9.46. The van der Waals surface area contributed by atoms with Crippen LogP contribution in [-0.4, -0.2) is 17.9 Å². The van der Waals surface area contributed by atoms with Crippen LogP contribution in [-0.2, 0) is 12.0 Å². The molecule has 0 saturated carbocycles. The molecule has 0 aliphatic heterocycles. The smallest absolute Gasteiger partial charge is 0.197 e. The molecule has 142 valence electrons. The molecule has 3 aromatic rings. The van der Waals surface area contributed by atoms with Crippen LogP contribution in [0.1, 0.15) is 40.4 Å². The Morgan fingerprint density at radius 3 is 2.70 bits per heavy atom. The second-order valence-electron chi connectivity index (χ2n) is 6.86. The van der Waals surface area contributed by atoms with Gasteiger partial charge >= 0.3 is 0 Å². The van der Waals surface area contributed by atoms with E-state index in [0.717, 1.165) is 34.7 Å². The number of fused-ring (bicyclic) bond motifs is 2. The van der Waals surface area contributed by atoms with Gasteiger partial charge in [0.05, 0.1) is 12.7 Å². The topological polar surface area (TPSA) is 65.2 Å². The summed E-state index contributed by atoms with van der Waals surface area (Å²) in [4.78, 5) is 17.4. The number of hydrogen-bond donors (Lipinski definition) is 1. The molecule has 0 spiro atoms. The molecule has 0 bridgehead atoms. The fraction of sp³-hybridized carbons (Fsp3) is 0.238. The SMILES string of the molecule is COc1cc2c(cc1C(=O)c1cccc3cnccc13)CCC2(C)N.Cl.Cl. The van der Waals surface area contributed by atoms with E-state index in [2.05, 4.69) is 4.98 Å². The monoisotopic (exact) mass is 404 g/mol. The van der Waals surface area contributed by atoms with Crippen molar-refractivity contribution >= 4 is 41.4 Å². The number of benzene rings is 2. The number of methoxy groups -OCH3 is 1. The first-order valence-corrected chi connectivity index (χ1v) is 8.39. The summed E-state index contributed by atoms with van der Waals surface area (Å²) in [6.45, 7) is 2.03. The minimum atomic E-state index is -0.366. The molecule has 1 unspecified atom stereocenters. The van der Waals surface area contributed by atoms with Crippen LogP contribution >= 0.6 is 24.8 Å². The molecular formula is C21H22Cl2N2O2. The van der Waals surface area contributed by atoms with Gasteiger partial charge in [-0.2, -0.15) is 0 Å². The summed E-state index contributed by atoms with van der Waals surface area (Å²) in [6, 6.07) is 11.5. The minimum Gasteiger partial charge on any atom is -0.496 e. The third kappa shape index (κ3) is 3.53. The molecule has 1 atom stereocenters. The van der Waals surface area contributed by atoms with Crippen LogP contribution in [0.3, 0.4) is 0 Å². The van der Waals surface area contributed by atoms with Gasteiger partial charge < -0.3 is 10.5 Å². The number of nitrogens with two attached hydrogens (primary N) is 1. The Morgan fingerprint density at radius 1 is 1.19 bits per heavy atom. The van der Waals surface area contributed by atoms with Crippen molar-refractivity contribution in [2.24, 2.45) is 5.73 Å². The van der Waals surface area contributed by atoms with Crippen molar-refractivity contribution in [3.8, 4) is 5.75 Å². The zero-order valence-electron chi connectivity index (χ0n) is 15.2. The molecule has 2 N–H and O–H groups in total. The highest BCUT2D eigenvalue weighted by Crippen LogP contribution is 2.39. The zero-order chi connectivity index (χ0) is 17.6. The lowest BCUT2D eigenvalue weighted by Crippen LogP contribution is -2.29. The van der Waals surface area contributed by atoms with E-state index in [1.807, 2.05) is 43.3 Å². The van der Waals surface area contributed by atoms with E-state index in [4.69, 9.17) is 10.5 Å². The summed E-state index contributed by atoms with van der Waals surface area (Å²) in [5, 5.41) is 1.84. The van der Waals surface area contributed by atoms with Gasteiger partial charge in [-0.1, -0.05) is 18.2 Å². The first-order chi connectivity index (χ1) is 12.0. The van der Waals surface area contributed by atoms with Crippen LogP contribution in [0.5, 0.6) is 5.75 Å². The van der Waals surface area contributed by atoms with Gasteiger partial charge in [0.15, 0.2) is 5.78 Å². The van der Waals surface area contributed by atoms with E-state index in [9.17, 15) is 4.79 Å². The average molecular weight is 405 g/mol. The molecule has 4 rings (SSSR count). The molecule has 1 heterocycles. The second-order valence-corrected chi connectivity index (χ2v) is 6.86. The Hall–Kier alpha value is -2.14. The number of aryl methyl sites for hydroxylation is 1. The molecule has 0 radical (unpaired) electrons. The lowest BCUT2D eigenvalue weighted by molar-refractivity contribution is 0.103. The van der Waals surface area contributed by atoms with Crippen molar-refractivity contribution in [2.75, 3.05) is 7.11 Å². The number of ketones is 1. The number of rotatable bonds is 3. The fourth-order valence-corrected chi connectivity index (χ4v) is 3.70. The van der Waals surface area contributed by atoms with E-state index in [1.165, 1.54) is 0 Å². The van der Waals surface area contributed by atoms with Crippen LogP contribution in [0.25, 0.3) is 10.8 Å². The van der Waals surface area contributed by atoms with Crippen LogP contribution in [0, 0.1) is 0 Å². The van der Waals surface area contributed by atoms with Gasteiger partial charge in [-0.3, -0.25) is 9.78 Å². The van der Waals surface area contributed by atoms with Gasteiger partial charge in [0.2, 0.25) is 0 Å². The molecule has 6 heteroatoms. The predicted molar refractivity (Wildman–Crippen MR) is 113 cm³/mol. The first-order valence-electron chi connectivity index (χ1n) is 8.39. The molecule has 27 heavy (non-hydrogen) atoms. The van der Waals surface area contributed by atoms with Crippen molar-refractivity contribution in [1.29, 1.82) is 0 Å². The standard InChI is InChI=1S/C21H20N2O2.2ClH/c1-21(22)8-6-13-10-17(19(25-2)11-18(13)21)20(24)16-5-3-4-14-12-23-9-7-15(14)16;;/h3-5,7,9-12H,6,8,22H2,1-2H3;2*1H. The number of halogens is 2. The van der Waals surface area contributed by atoms with Gasteiger partial charge in [0.1, 0.15) is 5.75 Å². The van der Waals surface area contributed by atoms with Gasteiger partial charge in [-0.15, -0.1) is 24.8 Å². The number of carbonyl (C=O) groups is 1. The van der Waals surface area contributed by atoms with E-state index in [1.54, 1.807) is 19.5 Å². The van der Waals surface area contributed by atoms with Crippen molar-refractivity contribution in [3.63, 3.8) is 0 Å². The van der Waals surface area contributed by atoms with Gasteiger partial charge in [0, 0.05) is 28.9 Å². The quantitative estimate of drug-likeness (QED) is 0.655. The number of ether oxygens (including phenoxy) is 1. The molecule has 2 aromatic carbocycles. The van der Waals surface area contributed by atoms with E-state index in [-0.39, 0.29) is 36.1 Å². The molecule has 0 saturated heterocycles. The fourth-order valence-electron chi connectivity index (χ4n) is 3.70. The lowest BCUT2D eigenvalue weighted by Gasteiger charge is -2.20. The maximum absolute atomic E-state index is 13.3. The van der Waals surface area contributed by atoms with E-state index < -0.39 is 0 Å². The normalized spacial score (nSPS) is 17.6. The highest BCUT2D eigenvalue weighted by molar-refractivity contribution is 6.17. The summed E-state index contributed by atoms with van der Waals surface area (Å²) < 4.78 is 5.53. The second kappa shape index (κ2) is 7.85. The summed E-state index contributed by atoms with van der Waals surface area (Å²) in [7, 11) is 1.59. The lowest BCUT2D eigenvalue weighted by atomic mass is 9.91. The average Bonchev–Trinajstić information content (AvgIpc) is 2.94. The summed E-state index contributed by atoms with van der Waals surface area (Å²) in [5.74, 6) is 0.537. The number of carbonyl (C=O) groups excluding carboxylic acids is 1.